The topological polar surface area (TPSA) is 89.7 Å². The van der Waals surface area contributed by atoms with E-state index in [0.29, 0.717) is 17.4 Å². The Kier molecular flexibility index (Phi) is 4.72. The van der Waals surface area contributed by atoms with Crippen LogP contribution in [0.1, 0.15) is 40.8 Å². The molecule has 2 N–H and O–H groups in total. The quantitative estimate of drug-likeness (QED) is 0.740. The van der Waals surface area contributed by atoms with Gasteiger partial charge in [0.2, 0.25) is 0 Å². The van der Waals surface area contributed by atoms with Crippen molar-refractivity contribution in [2.75, 3.05) is 18.4 Å². The van der Waals surface area contributed by atoms with Crippen molar-refractivity contribution in [3.8, 4) is 5.69 Å². The van der Waals surface area contributed by atoms with E-state index in [0.717, 1.165) is 43.0 Å². The number of rotatable bonds is 4. The molecule has 8 heteroatoms. The summed E-state index contributed by atoms with van der Waals surface area (Å²) in [6, 6.07) is 9.90. The Bertz CT molecular complexity index is 953. The molecule has 0 radical (unpaired) electrons. The van der Waals surface area contributed by atoms with Gasteiger partial charge in [0.05, 0.1) is 29.3 Å². The number of hydrogen-bond donors (Lipinski definition) is 2. The lowest BCUT2D eigenvalue weighted by Crippen LogP contribution is -2.29. The maximum absolute atomic E-state index is 12.7. The van der Waals surface area contributed by atoms with Crippen molar-refractivity contribution in [1.29, 1.82) is 0 Å². The second kappa shape index (κ2) is 7.32. The molecule has 27 heavy (non-hydrogen) atoms. The number of carbonyl (C=O) groups excluding carboxylic acids is 1. The third kappa shape index (κ3) is 3.61. The molecule has 2 aromatic heterocycles. The van der Waals surface area contributed by atoms with Crippen LogP contribution in [0.4, 0.5) is 5.69 Å². The van der Waals surface area contributed by atoms with Gasteiger partial charge in [-0.3, -0.25) is 4.79 Å². The molecule has 0 saturated carbocycles. The van der Waals surface area contributed by atoms with E-state index in [2.05, 4.69) is 26.0 Å². The van der Waals surface area contributed by atoms with E-state index in [9.17, 15) is 4.79 Å². The molecule has 1 amide bonds. The van der Waals surface area contributed by atoms with Crippen LogP contribution >= 0.6 is 0 Å². The number of carbonyl (C=O) groups is 1. The highest BCUT2D eigenvalue weighted by Crippen LogP contribution is 2.22. The van der Waals surface area contributed by atoms with Crippen LogP contribution in [-0.2, 0) is 0 Å². The molecule has 0 atom stereocenters. The van der Waals surface area contributed by atoms with Gasteiger partial charge in [-0.25, -0.2) is 9.36 Å². The van der Waals surface area contributed by atoms with Gasteiger partial charge in [0.25, 0.3) is 5.91 Å². The first kappa shape index (κ1) is 17.4. The summed E-state index contributed by atoms with van der Waals surface area (Å²) in [4.78, 5) is 12.7. The van der Waals surface area contributed by atoms with Gasteiger partial charge in [-0.05, 0) is 58.0 Å². The summed E-state index contributed by atoms with van der Waals surface area (Å²) in [5, 5.41) is 19.0. The monoisotopic (exact) mass is 365 g/mol. The molecule has 8 nitrogen and oxygen atoms in total. The highest BCUT2D eigenvalue weighted by molar-refractivity contribution is 6.03. The van der Waals surface area contributed by atoms with Crippen LogP contribution in [0.15, 0.2) is 36.5 Å². The lowest BCUT2D eigenvalue weighted by Gasteiger charge is -2.22. The average Bonchev–Trinajstić information content (AvgIpc) is 3.30. The molecule has 1 saturated heterocycles. The van der Waals surface area contributed by atoms with Gasteiger partial charge in [-0.15, -0.1) is 5.10 Å². The van der Waals surface area contributed by atoms with Crippen molar-refractivity contribution in [1.82, 2.24) is 30.1 Å². The minimum Gasteiger partial charge on any atom is -0.319 e. The Labute approximate surface area is 157 Å². The third-order valence-corrected chi connectivity index (χ3v) is 4.82. The zero-order chi connectivity index (χ0) is 18.8. The molecule has 1 aliphatic heterocycles. The molecule has 140 valence electrons. The molecular weight excluding hydrogens is 342 g/mol. The molecular formula is C19H23N7O. The van der Waals surface area contributed by atoms with E-state index in [-0.39, 0.29) is 5.91 Å². The summed E-state index contributed by atoms with van der Waals surface area (Å²) >= 11 is 0. The van der Waals surface area contributed by atoms with Crippen LogP contribution in [0.25, 0.3) is 5.69 Å². The van der Waals surface area contributed by atoms with Crippen molar-refractivity contribution in [3.05, 3.63) is 53.6 Å². The molecule has 4 rings (SSSR count). The fourth-order valence-corrected chi connectivity index (χ4v) is 3.45. The number of benzene rings is 1. The minimum absolute atomic E-state index is 0.274. The van der Waals surface area contributed by atoms with Gasteiger partial charge < -0.3 is 10.6 Å². The van der Waals surface area contributed by atoms with Crippen molar-refractivity contribution in [3.63, 3.8) is 0 Å². The van der Waals surface area contributed by atoms with Gasteiger partial charge in [0.1, 0.15) is 0 Å². The summed E-state index contributed by atoms with van der Waals surface area (Å²) in [6.45, 7) is 5.86. The van der Waals surface area contributed by atoms with Crippen molar-refractivity contribution in [2.45, 2.75) is 32.7 Å². The summed E-state index contributed by atoms with van der Waals surface area (Å²) < 4.78 is 3.64. The first-order chi connectivity index (χ1) is 13.1. The number of anilines is 1. The zero-order valence-corrected chi connectivity index (χ0v) is 15.5. The normalized spacial score (nSPS) is 15.0. The number of aryl methyl sites for hydroxylation is 2. The van der Waals surface area contributed by atoms with Gasteiger partial charge in [-0.1, -0.05) is 17.3 Å². The summed E-state index contributed by atoms with van der Waals surface area (Å²) in [5.74, 6) is -0.274. The van der Waals surface area contributed by atoms with E-state index in [4.69, 9.17) is 0 Å². The van der Waals surface area contributed by atoms with Crippen LogP contribution in [0, 0.1) is 13.8 Å². The number of aromatic nitrogens is 5. The van der Waals surface area contributed by atoms with E-state index >= 15 is 0 Å². The van der Waals surface area contributed by atoms with Gasteiger partial charge >= 0.3 is 0 Å². The lowest BCUT2D eigenvalue weighted by molar-refractivity contribution is 0.102. The predicted molar refractivity (Wildman–Crippen MR) is 102 cm³/mol. The summed E-state index contributed by atoms with van der Waals surface area (Å²) in [6.07, 6.45) is 3.72. The molecule has 0 unspecified atom stereocenters. The molecule has 1 aromatic carbocycles. The SMILES string of the molecule is Cc1cc(C)n(-c2ccccc2NC(=O)c2cn(C3CCNCC3)nn2)n1. The molecule has 1 aliphatic rings. The summed E-state index contributed by atoms with van der Waals surface area (Å²) in [5.41, 5.74) is 3.76. The maximum atomic E-state index is 12.7. The largest absolute Gasteiger partial charge is 0.319 e. The van der Waals surface area contributed by atoms with Crippen LogP contribution in [0.5, 0.6) is 0 Å². The predicted octanol–water partition coefficient (Wildman–Crippen LogP) is 2.26. The Hall–Kier alpha value is -3.00. The average molecular weight is 365 g/mol. The molecule has 0 bridgehead atoms. The van der Waals surface area contributed by atoms with E-state index in [1.54, 1.807) is 6.20 Å². The zero-order valence-electron chi connectivity index (χ0n) is 15.5. The third-order valence-electron chi connectivity index (χ3n) is 4.82. The van der Waals surface area contributed by atoms with Gasteiger partial charge in [0, 0.05) is 5.69 Å². The smallest absolute Gasteiger partial charge is 0.277 e. The Morgan fingerprint density at radius 3 is 2.74 bits per heavy atom. The van der Waals surface area contributed by atoms with Crippen molar-refractivity contribution < 1.29 is 4.79 Å². The number of piperidine rings is 1. The Balaban J connectivity index is 1.55. The van der Waals surface area contributed by atoms with Crippen LogP contribution in [0.3, 0.4) is 0 Å². The van der Waals surface area contributed by atoms with E-state index < -0.39 is 0 Å². The molecule has 0 spiro atoms. The van der Waals surface area contributed by atoms with Gasteiger partial charge in [-0.2, -0.15) is 5.10 Å². The minimum atomic E-state index is -0.274. The number of nitrogens with zero attached hydrogens (tertiary/aromatic N) is 5. The standard InChI is InChI=1S/C19H23N7O/c1-13-11-14(2)26(23-13)18-6-4-3-5-16(18)21-19(27)17-12-25(24-22-17)15-7-9-20-10-8-15/h3-6,11-12,15,20H,7-10H2,1-2H3,(H,21,27). The molecule has 1 fully saturated rings. The number of para-hydroxylation sites is 2. The number of hydrogen-bond acceptors (Lipinski definition) is 5. The summed E-state index contributed by atoms with van der Waals surface area (Å²) in [7, 11) is 0. The van der Waals surface area contributed by atoms with Crippen molar-refractivity contribution in [2.24, 2.45) is 0 Å². The van der Waals surface area contributed by atoms with E-state index in [1.807, 2.05) is 53.5 Å². The maximum Gasteiger partial charge on any atom is 0.277 e. The first-order valence-electron chi connectivity index (χ1n) is 9.18. The number of nitrogens with one attached hydrogen (secondary N) is 2. The second-order valence-electron chi connectivity index (χ2n) is 6.88. The number of amides is 1. The fraction of sp³-hybridized carbons (Fsp3) is 0.368. The lowest BCUT2D eigenvalue weighted by atomic mass is 10.1. The first-order valence-corrected chi connectivity index (χ1v) is 9.18. The fourth-order valence-electron chi connectivity index (χ4n) is 3.45. The Morgan fingerprint density at radius 2 is 2.00 bits per heavy atom. The van der Waals surface area contributed by atoms with Crippen LogP contribution in [-0.4, -0.2) is 43.8 Å². The molecule has 3 heterocycles. The highest BCUT2D eigenvalue weighted by Gasteiger charge is 2.19. The molecule has 0 aliphatic carbocycles. The second-order valence-corrected chi connectivity index (χ2v) is 6.88. The Morgan fingerprint density at radius 1 is 1.22 bits per heavy atom. The van der Waals surface area contributed by atoms with Crippen LogP contribution in [0.2, 0.25) is 0 Å². The molecule has 3 aromatic rings. The van der Waals surface area contributed by atoms with Crippen molar-refractivity contribution >= 4 is 11.6 Å². The van der Waals surface area contributed by atoms with E-state index in [1.165, 1.54) is 0 Å². The van der Waals surface area contributed by atoms with Crippen LogP contribution < -0.4 is 10.6 Å². The van der Waals surface area contributed by atoms with Gasteiger partial charge in [0.15, 0.2) is 5.69 Å². The highest BCUT2D eigenvalue weighted by atomic mass is 16.2.